The molecule has 180 valence electrons. The minimum atomic E-state index is -3.58. The fourth-order valence-corrected chi connectivity index (χ4v) is 5.08. The number of carbonyl (C=O) groups is 1. The first kappa shape index (κ1) is 24.3. The number of nitrogens with zero attached hydrogens (tertiary/aromatic N) is 4. The molecular weight excluding hydrogens is 468 g/mol. The minimum Gasteiger partial charge on any atom is -0.456 e. The van der Waals surface area contributed by atoms with E-state index in [2.05, 4.69) is 11.2 Å². The molecule has 4 rings (SSSR count). The lowest BCUT2D eigenvalue weighted by Gasteiger charge is -2.26. The summed E-state index contributed by atoms with van der Waals surface area (Å²) in [4.78, 5) is 12.5. The van der Waals surface area contributed by atoms with Gasteiger partial charge in [0, 0.05) is 19.2 Å². The van der Waals surface area contributed by atoms with Gasteiger partial charge < -0.3 is 9.47 Å². The topological polar surface area (TPSA) is 115 Å². The van der Waals surface area contributed by atoms with Crippen molar-refractivity contribution in [2.24, 2.45) is 0 Å². The van der Waals surface area contributed by atoms with E-state index in [9.17, 15) is 18.5 Å². The van der Waals surface area contributed by atoms with Crippen LogP contribution in [0.2, 0.25) is 0 Å². The van der Waals surface area contributed by atoms with E-state index < -0.39 is 16.0 Å². The Hall–Kier alpha value is -3.78. The molecule has 0 spiro atoms. The number of rotatable bonds is 7. The SMILES string of the molecule is Cc1nn(-c2ccccc2)c(COC(=O)/C=C/c2ccc(S(=O)(=O)N3CCOCC3)cc2)c1C#N. The van der Waals surface area contributed by atoms with Crippen LogP contribution in [-0.4, -0.2) is 54.8 Å². The summed E-state index contributed by atoms with van der Waals surface area (Å²) in [5.74, 6) is -0.600. The molecule has 0 atom stereocenters. The quantitative estimate of drug-likeness (QED) is 0.368. The second-order valence-electron chi connectivity index (χ2n) is 7.79. The highest BCUT2D eigenvalue weighted by atomic mass is 32.2. The van der Waals surface area contributed by atoms with Gasteiger partial charge in [-0.25, -0.2) is 17.9 Å². The Labute approximate surface area is 203 Å². The summed E-state index contributed by atoms with van der Waals surface area (Å²) < 4.78 is 39.0. The van der Waals surface area contributed by atoms with Crippen molar-refractivity contribution in [3.8, 4) is 11.8 Å². The molecule has 0 saturated carbocycles. The van der Waals surface area contributed by atoms with Gasteiger partial charge in [0.05, 0.1) is 35.2 Å². The summed E-state index contributed by atoms with van der Waals surface area (Å²) in [5, 5.41) is 13.9. The molecule has 2 heterocycles. The van der Waals surface area contributed by atoms with E-state index in [0.717, 1.165) is 5.69 Å². The zero-order chi connectivity index (χ0) is 24.8. The van der Waals surface area contributed by atoms with Gasteiger partial charge in [0.2, 0.25) is 10.0 Å². The molecule has 1 aliphatic rings. The molecule has 3 aromatic rings. The van der Waals surface area contributed by atoms with Crippen LogP contribution in [0.25, 0.3) is 11.8 Å². The van der Waals surface area contributed by atoms with Crippen LogP contribution in [-0.2, 0) is 30.9 Å². The predicted octanol–water partition coefficient (Wildman–Crippen LogP) is 2.83. The maximum Gasteiger partial charge on any atom is 0.331 e. The number of esters is 1. The van der Waals surface area contributed by atoms with E-state index in [1.54, 1.807) is 29.8 Å². The van der Waals surface area contributed by atoms with Crippen molar-refractivity contribution in [2.45, 2.75) is 18.4 Å². The van der Waals surface area contributed by atoms with Gasteiger partial charge in [0.25, 0.3) is 0 Å². The fourth-order valence-electron chi connectivity index (χ4n) is 3.68. The van der Waals surface area contributed by atoms with Gasteiger partial charge in [-0.2, -0.15) is 14.7 Å². The number of nitriles is 1. The number of para-hydroxylation sites is 1. The van der Waals surface area contributed by atoms with Crippen LogP contribution >= 0.6 is 0 Å². The number of hydrogen-bond acceptors (Lipinski definition) is 7. The van der Waals surface area contributed by atoms with Gasteiger partial charge in [-0.05, 0) is 42.8 Å². The first-order chi connectivity index (χ1) is 16.9. The number of benzene rings is 2. The van der Waals surface area contributed by atoms with Gasteiger partial charge in [0.15, 0.2) is 0 Å². The van der Waals surface area contributed by atoms with Crippen LogP contribution in [0.3, 0.4) is 0 Å². The van der Waals surface area contributed by atoms with E-state index >= 15 is 0 Å². The molecule has 0 unspecified atom stereocenters. The lowest BCUT2D eigenvalue weighted by Crippen LogP contribution is -2.40. The van der Waals surface area contributed by atoms with E-state index in [0.29, 0.717) is 48.8 Å². The standard InChI is InChI=1S/C25H24N4O5S/c1-19-23(17-26)24(29(27-19)21-5-3-2-4-6-21)18-34-25(30)12-9-20-7-10-22(11-8-20)35(31,32)28-13-15-33-16-14-28/h2-12H,13-16,18H2,1H3/b12-9+. The normalized spacial score (nSPS) is 14.6. The summed E-state index contributed by atoms with van der Waals surface area (Å²) in [6.07, 6.45) is 2.80. The first-order valence-corrected chi connectivity index (χ1v) is 12.4. The number of sulfonamides is 1. The van der Waals surface area contributed by atoms with Crippen molar-refractivity contribution >= 4 is 22.1 Å². The van der Waals surface area contributed by atoms with E-state index in [1.165, 1.54) is 22.5 Å². The zero-order valence-electron chi connectivity index (χ0n) is 19.1. The smallest absolute Gasteiger partial charge is 0.331 e. The summed E-state index contributed by atoms with van der Waals surface area (Å²) in [5.41, 5.74) is 2.79. The third-order valence-corrected chi connectivity index (χ3v) is 7.43. The van der Waals surface area contributed by atoms with E-state index in [1.807, 2.05) is 30.3 Å². The van der Waals surface area contributed by atoms with Crippen LogP contribution < -0.4 is 0 Å². The number of carbonyl (C=O) groups excluding carboxylic acids is 1. The highest BCUT2D eigenvalue weighted by Crippen LogP contribution is 2.20. The van der Waals surface area contributed by atoms with Crippen LogP contribution in [0.1, 0.15) is 22.5 Å². The highest BCUT2D eigenvalue weighted by Gasteiger charge is 2.26. The Kier molecular flexibility index (Phi) is 7.41. The largest absolute Gasteiger partial charge is 0.456 e. The molecule has 35 heavy (non-hydrogen) atoms. The molecule has 0 aliphatic carbocycles. The Morgan fingerprint density at radius 2 is 1.83 bits per heavy atom. The predicted molar refractivity (Wildman–Crippen MR) is 128 cm³/mol. The Morgan fingerprint density at radius 1 is 1.14 bits per heavy atom. The number of aromatic nitrogens is 2. The molecule has 1 fully saturated rings. The fraction of sp³-hybridized carbons (Fsp3) is 0.240. The van der Waals surface area contributed by atoms with Crippen LogP contribution in [0.5, 0.6) is 0 Å². The number of aryl methyl sites for hydroxylation is 1. The first-order valence-electron chi connectivity index (χ1n) is 11.0. The summed E-state index contributed by atoms with van der Waals surface area (Å²) >= 11 is 0. The summed E-state index contributed by atoms with van der Waals surface area (Å²) in [7, 11) is -3.58. The molecule has 10 heteroatoms. The maximum absolute atomic E-state index is 12.7. The molecule has 1 saturated heterocycles. The number of morpholine rings is 1. The van der Waals surface area contributed by atoms with Crippen molar-refractivity contribution < 1.29 is 22.7 Å². The van der Waals surface area contributed by atoms with Crippen molar-refractivity contribution in [2.75, 3.05) is 26.3 Å². The van der Waals surface area contributed by atoms with Crippen molar-refractivity contribution in [3.05, 3.63) is 83.2 Å². The van der Waals surface area contributed by atoms with Crippen LogP contribution in [0, 0.1) is 18.3 Å². The van der Waals surface area contributed by atoms with Gasteiger partial charge in [-0.3, -0.25) is 0 Å². The third-order valence-electron chi connectivity index (χ3n) is 5.52. The highest BCUT2D eigenvalue weighted by molar-refractivity contribution is 7.89. The molecule has 0 N–H and O–H groups in total. The van der Waals surface area contributed by atoms with Crippen molar-refractivity contribution in [3.63, 3.8) is 0 Å². The van der Waals surface area contributed by atoms with Gasteiger partial charge in [0.1, 0.15) is 18.2 Å². The molecule has 0 radical (unpaired) electrons. The average molecular weight is 493 g/mol. The third kappa shape index (κ3) is 5.49. The minimum absolute atomic E-state index is 0.126. The van der Waals surface area contributed by atoms with Gasteiger partial charge in [-0.15, -0.1) is 0 Å². The molecule has 1 aromatic heterocycles. The Balaban J connectivity index is 1.42. The molecule has 0 amide bonds. The Morgan fingerprint density at radius 3 is 2.49 bits per heavy atom. The van der Waals surface area contributed by atoms with E-state index in [4.69, 9.17) is 9.47 Å². The van der Waals surface area contributed by atoms with Crippen LogP contribution in [0.15, 0.2) is 65.6 Å². The molecule has 2 aromatic carbocycles. The van der Waals surface area contributed by atoms with Gasteiger partial charge >= 0.3 is 5.97 Å². The Bertz CT molecular complexity index is 1370. The molecule has 9 nitrogen and oxygen atoms in total. The van der Waals surface area contributed by atoms with Crippen molar-refractivity contribution in [1.82, 2.24) is 14.1 Å². The van der Waals surface area contributed by atoms with Crippen molar-refractivity contribution in [1.29, 1.82) is 5.26 Å². The lowest BCUT2D eigenvalue weighted by atomic mass is 10.2. The average Bonchev–Trinajstić information content (AvgIpc) is 3.22. The zero-order valence-corrected chi connectivity index (χ0v) is 19.9. The molecule has 0 bridgehead atoms. The van der Waals surface area contributed by atoms with E-state index in [-0.39, 0.29) is 11.5 Å². The molecule has 1 aliphatic heterocycles. The summed E-state index contributed by atoms with van der Waals surface area (Å²) in [6.45, 7) is 3.01. The molecular formula is C25H24N4O5S. The number of hydrogen-bond donors (Lipinski definition) is 0. The van der Waals surface area contributed by atoms with Crippen LogP contribution in [0.4, 0.5) is 0 Å². The number of ether oxygens (including phenoxy) is 2. The second-order valence-corrected chi connectivity index (χ2v) is 9.73. The second kappa shape index (κ2) is 10.7. The lowest BCUT2D eigenvalue weighted by molar-refractivity contribution is -0.139. The summed E-state index contributed by atoms with van der Waals surface area (Å²) in [6, 6.07) is 17.7. The maximum atomic E-state index is 12.7. The monoisotopic (exact) mass is 492 g/mol. The van der Waals surface area contributed by atoms with Gasteiger partial charge in [-0.1, -0.05) is 30.3 Å².